The first-order valence-corrected chi connectivity index (χ1v) is 6.81. The van der Waals surface area contributed by atoms with Crippen LogP contribution in [-0.4, -0.2) is 25.1 Å². The zero-order valence-corrected chi connectivity index (χ0v) is 13.1. The van der Waals surface area contributed by atoms with Crippen LogP contribution in [0.25, 0.3) is 0 Å². The fourth-order valence-corrected chi connectivity index (χ4v) is 2.17. The van der Waals surface area contributed by atoms with E-state index >= 15 is 0 Å². The minimum atomic E-state index is -0.556. The van der Waals surface area contributed by atoms with Gasteiger partial charge in [-0.15, -0.1) is 0 Å². The summed E-state index contributed by atoms with van der Waals surface area (Å²) >= 11 is 5.98. The number of nitro groups is 1. The number of anilines is 1. The Balaban J connectivity index is 2.30. The molecule has 0 aliphatic carbocycles. The molecule has 0 heterocycles. The van der Waals surface area contributed by atoms with Crippen molar-refractivity contribution in [3.8, 4) is 11.5 Å². The van der Waals surface area contributed by atoms with Gasteiger partial charge in [-0.05, 0) is 24.3 Å². The number of hydrogen-bond donors (Lipinski definition) is 1. The zero-order chi connectivity index (χ0) is 17.0. The first kappa shape index (κ1) is 16.6. The molecule has 1 amide bonds. The second kappa shape index (κ2) is 6.97. The summed E-state index contributed by atoms with van der Waals surface area (Å²) < 4.78 is 10.1. The summed E-state index contributed by atoms with van der Waals surface area (Å²) in [5.41, 5.74) is 0.317. The van der Waals surface area contributed by atoms with Gasteiger partial charge in [0.1, 0.15) is 11.5 Å². The summed E-state index contributed by atoms with van der Waals surface area (Å²) in [5, 5.41) is 13.7. The van der Waals surface area contributed by atoms with Crippen LogP contribution < -0.4 is 14.8 Å². The molecule has 0 aliphatic rings. The van der Waals surface area contributed by atoms with Crippen molar-refractivity contribution in [1.29, 1.82) is 0 Å². The molecule has 1 N–H and O–H groups in total. The highest BCUT2D eigenvalue weighted by molar-refractivity contribution is 6.32. The van der Waals surface area contributed by atoms with Crippen LogP contribution in [0, 0.1) is 10.1 Å². The van der Waals surface area contributed by atoms with Crippen LogP contribution in [0.15, 0.2) is 36.4 Å². The van der Waals surface area contributed by atoms with Gasteiger partial charge in [0.25, 0.3) is 11.6 Å². The third kappa shape index (κ3) is 3.70. The van der Waals surface area contributed by atoms with Gasteiger partial charge in [0, 0.05) is 17.7 Å². The monoisotopic (exact) mass is 336 g/mol. The number of non-ortho nitro benzene ring substituents is 1. The van der Waals surface area contributed by atoms with Crippen molar-refractivity contribution in [2.24, 2.45) is 0 Å². The quantitative estimate of drug-likeness (QED) is 0.666. The number of nitrogens with zero attached hydrogens (tertiary/aromatic N) is 1. The normalized spacial score (nSPS) is 10.0. The number of rotatable bonds is 5. The molecule has 0 saturated heterocycles. The molecule has 23 heavy (non-hydrogen) atoms. The summed E-state index contributed by atoms with van der Waals surface area (Å²) in [6.07, 6.45) is 0. The molecule has 0 saturated carbocycles. The standard InChI is InChI=1S/C15H13ClN2O5/c1-22-13-5-3-9(7-11(13)16)15(19)17-12-8-10(18(20)21)4-6-14(12)23-2/h3-8H,1-2H3,(H,17,19). The molecule has 120 valence electrons. The molecule has 0 spiro atoms. The average Bonchev–Trinajstić information content (AvgIpc) is 2.54. The number of carbonyl (C=O) groups is 1. The van der Waals surface area contributed by atoms with E-state index in [-0.39, 0.29) is 22.0 Å². The molecule has 8 heteroatoms. The SMILES string of the molecule is COc1ccc(C(=O)Nc2cc([N+](=O)[O-])ccc2OC)cc1Cl. The zero-order valence-electron chi connectivity index (χ0n) is 12.3. The number of amides is 1. The van der Waals surface area contributed by atoms with E-state index in [0.29, 0.717) is 11.5 Å². The van der Waals surface area contributed by atoms with Gasteiger partial charge in [-0.25, -0.2) is 0 Å². The van der Waals surface area contributed by atoms with Gasteiger partial charge in [0.2, 0.25) is 0 Å². The Labute approximate surface area is 136 Å². The van der Waals surface area contributed by atoms with E-state index in [1.807, 2.05) is 0 Å². The number of nitro benzene ring substituents is 1. The van der Waals surface area contributed by atoms with E-state index in [0.717, 1.165) is 0 Å². The minimum absolute atomic E-state index is 0.158. The molecule has 2 rings (SSSR count). The van der Waals surface area contributed by atoms with Gasteiger partial charge in [-0.2, -0.15) is 0 Å². The number of methoxy groups -OCH3 is 2. The van der Waals surface area contributed by atoms with E-state index in [1.165, 1.54) is 44.6 Å². The summed E-state index contributed by atoms with van der Waals surface area (Å²) in [6, 6.07) is 8.46. The molecule has 0 bridgehead atoms. The third-order valence-corrected chi connectivity index (χ3v) is 3.35. The van der Waals surface area contributed by atoms with E-state index < -0.39 is 10.8 Å². The van der Waals surface area contributed by atoms with Gasteiger partial charge in [-0.1, -0.05) is 11.6 Å². The van der Waals surface area contributed by atoms with E-state index in [9.17, 15) is 14.9 Å². The summed E-state index contributed by atoms with van der Waals surface area (Å²) in [7, 11) is 2.87. The smallest absolute Gasteiger partial charge is 0.271 e. The maximum absolute atomic E-state index is 12.3. The number of ether oxygens (including phenoxy) is 2. The predicted octanol–water partition coefficient (Wildman–Crippen LogP) is 3.52. The Morgan fingerprint density at radius 1 is 1.13 bits per heavy atom. The lowest BCUT2D eigenvalue weighted by Gasteiger charge is -2.11. The molecular weight excluding hydrogens is 324 g/mol. The fraction of sp³-hybridized carbons (Fsp3) is 0.133. The second-order valence-corrected chi connectivity index (χ2v) is 4.85. The van der Waals surface area contributed by atoms with Crippen LogP contribution in [0.3, 0.4) is 0 Å². The van der Waals surface area contributed by atoms with Gasteiger partial charge in [-0.3, -0.25) is 14.9 Å². The van der Waals surface area contributed by atoms with Crippen molar-refractivity contribution in [2.75, 3.05) is 19.5 Å². The Morgan fingerprint density at radius 2 is 1.78 bits per heavy atom. The molecular formula is C15H13ClN2O5. The maximum atomic E-state index is 12.3. The molecule has 0 unspecified atom stereocenters. The highest BCUT2D eigenvalue weighted by Gasteiger charge is 2.15. The van der Waals surface area contributed by atoms with E-state index in [4.69, 9.17) is 21.1 Å². The summed E-state index contributed by atoms with van der Waals surface area (Å²) in [5.74, 6) is 0.271. The van der Waals surface area contributed by atoms with Crippen LogP contribution in [0.1, 0.15) is 10.4 Å². The molecule has 0 aromatic heterocycles. The largest absolute Gasteiger partial charge is 0.495 e. The highest BCUT2D eigenvalue weighted by atomic mass is 35.5. The second-order valence-electron chi connectivity index (χ2n) is 4.45. The van der Waals surface area contributed by atoms with Crippen LogP contribution in [0.4, 0.5) is 11.4 Å². The van der Waals surface area contributed by atoms with Crippen molar-refractivity contribution < 1.29 is 19.2 Å². The highest BCUT2D eigenvalue weighted by Crippen LogP contribution is 2.30. The molecule has 2 aromatic rings. The molecule has 0 atom stereocenters. The third-order valence-electron chi connectivity index (χ3n) is 3.06. The Morgan fingerprint density at radius 3 is 2.35 bits per heavy atom. The number of benzene rings is 2. The van der Waals surface area contributed by atoms with Crippen LogP contribution in [-0.2, 0) is 0 Å². The Kier molecular flexibility index (Phi) is 5.02. The lowest BCUT2D eigenvalue weighted by Crippen LogP contribution is -2.13. The minimum Gasteiger partial charge on any atom is -0.495 e. The van der Waals surface area contributed by atoms with Crippen molar-refractivity contribution in [1.82, 2.24) is 0 Å². The number of nitrogens with one attached hydrogen (secondary N) is 1. The molecule has 0 radical (unpaired) electrons. The number of carbonyl (C=O) groups excluding carboxylic acids is 1. The molecule has 0 aliphatic heterocycles. The lowest BCUT2D eigenvalue weighted by atomic mass is 10.2. The summed E-state index contributed by atoms with van der Waals surface area (Å²) in [6.45, 7) is 0. The average molecular weight is 337 g/mol. The van der Waals surface area contributed by atoms with Gasteiger partial charge >= 0.3 is 0 Å². The molecule has 7 nitrogen and oxygen atoms in total. The molecule has 2 aromatic carbocycles. The fourth-order valence-electron chi connectivity index (χ4n) is 1.91. The van der Waals surface area contributed by atoms with Crippen molar-refractivity contribution in [2.45, 2.75) is 0 Å². The first-order valence-electron chi connectivity index (χ1n) is 6.43. The van der Waals surface area contributed by atoms with Crippen molar-refractivity contribution in [3.05, 3.63) is 57.1 Å². The topological polar surface area (TPSA) is 90.7 Å². The summed E-state index contributed by atoms with van der Waals surface area (Å²) in [4.78, 5) is 22.6. The lowest BCUT2D eigenvalue weighted by molar-refractivity contribution is -0.384. The molecule has 0 fully saturated rings. The van der Waals surface area contributed by atoms with E-state index in [2.05, 4.69) is 5.32 Å². The van der Waals surface area contributed by atoms with E-state index in [1.54, 1.807) is 6.07 Å². The Hall–Kier alpha value is -2.80. The van der Waals surface area contributed by atoms with Crippen LogP contribution >= 0.6 is 11.6 Å². The van der Waals surface area contributed by atoms with Gasteiger partial charge in [0.05, 0.1) is 29.9 Å². The van der Waals surface area contributed by atoms with Crippen molar-refractivity contribution in [3.63, 3.8) is 0 Å². The number of hydrogen-bond acceptors (Lipinski definition) is 5. The van der Waals surface area contributed by atoms with Crippen molar-refractivity contribution >= 4 is 28.9 Å². The first-order chi connectivity index (χ1) is 11.0. The Bertz CT molecular complexity index is 764. The maximum Gasteiger partial charge on any atom is 0.271 e. The van der Waals surface area contributed by atoms with Crippen LogP contribution in [0.2, 0.25) is 5.02 Å². The van der Waals surface area contributed by atoms with Gasteiger partial charge < -0.3 is 14.8 Å². The number of halogens is 1. The van der Waals surface area contributed by atoms with Crippen LogP contribution in [0.5, 0.6) is 11.5 Å². The van der Waals surface area contributed by atoms with Gasteiger partial charge in [0.15, 0.2) is 0 Å². The predicted molar refractivity (Wildman–Crippen MR) is 85.6 cm³/mol.